The van der Waals surface area contributed by atoms with Crippen molar-refractivity contribution < 1.29 is 27.8 Å². The average Bonchev–Trinajstić information content (AvgIpc) is 2.60. The molecule has 0 radical (unpaired) electrons. The van der Waals surface area contributed by atoms with Gasteiger partial charge < -0.3 is 14.6 Å². The molecule has 2 aromatic carbocycles. The van der Waals surface area contributed by atoms with E-state index in [1.54, 1.807) is 12.1 Å². The van der Waals surface area contributed by atoms with Gasteiger partial charge >= 0.3 is 5.97 Å². The number of ether oxygens (including phenoxy) is 2. The Labute approximate surface area is 152 Å². The third-order valence-corrected chi connectivity index (χ3v) is 5.24. The largest absolute Gasteiger partial charge is 0.493 e. The summed E-state index contributed by atoms with van der Waals surface area (Å²) in [4.78, 5) is 11.5. The maximum atomic E-state index is 12.6. The molecular formula is C18H21NO6S. The Kier molecular flexibility index (Phi) is 5.76. The van der Waals surface area contributed by atoms with E-state index in [0.29, 0.717) is 0 Å². The Bertz CT molecular complexity index is 904. The lowest BCUT2D eigenvalue weighted by molar-refractivity contribution is 0.0697. The van der Waals surface area contributed by atoms with Gasteiger partial charge in [-0.3, -0.25) is 4.72 Å². The van der Waals surface area contributed by atoms with Crippen LogP contribution in [-0.2, 0) is 10.0 Å². The predicted octanol–water partition coefficient (Wildman–Crippen LogP) is 3.33. The number of carbonyl (C=O) groups is 1. The molecule has 0 amide bonds. The van der Waals surface area contributed by atoms with Crippen LogP contribution in [0.3, 0.4) is 0 Å². The Morgan fingerprint density at radius 3 is 2.04 bits per heavy atom. The maximum Gasteiger partial charge on any atom is 0.337 e. The molecule has 0 aromatic heterocycles. The highest BCUT2D eigenvalue weighted by Crippen LogP contribution is 2.34. The second-order valence-electron chi connectivity index (χ2n) is 5.89. The molecule has 2 aromatic rings. The molecule has 2 N–H and O–H groups in total. The van der Waals surface area contributed by atoms with Crippen LogP contribution in [0.4, 0.5) is 5.69 Å². The molecule has 0 fully saturated rings. The number of benzene rings is 2. The lowest BCUT2D eigenvalue weighted by Crippen LogP contribution is -2.16. The lowest BCUT2D eigenvalue weighted by atomic mass is 10.0. The fraction of sp³-hybridized carbons (Fsp3) is 0.278. The normalized spacial score (nSPS) is 11.3. The fourth-order valence-electron chi connectivity index (χ4n) is 2.38. The molecule has 0 saturated heterocycles. The molecule has 0 heterocycles. The first-order valence-corrected chi connectivity index (χ1v) is 9.30. The van der Waals surface area contributed by atoms with E-state index in [1.165, 1.54) is 38.5 Å². The zero-order valence-corrected chi connectivity index (χ0v) is 15.8. The minimum Gasteiger partial charge on any atom is -0.493 e. The van der Waals surface area contributed by atoms with Gasteiger partial charge in [-0.1, -0.05) is 26.0 Å². The lowest BCUT2D eigenvalue weighted by Gasteiger charge is -2.15. The van der Waals surface area contributed by atoms with Gasteiger partial charge in [0.25, 0.3) is 10.0 Å². The summed E-state index contributed by atoms with van der Waals surface area (Å²) in [5, 5.41) is 9.38. The molecule has 26 heavy (non-hydrogen) atoms. The zero-order valence-electron chi connectivity index (χ0n) is 14.9. The SMILES string of the molecule is COc1cc(NS(=O)(=O)c2ccc(C(C)C)cc2)c(C(=O)O)cc1OC. The highest BCUT2D eigenvalue weighted by molar-refractivity contribution is 7.92. The summed E-state index contributed by atoms with van der Waals surface area (Å²) in [5.41, 5.74) is 0.648. The van der Waals surface area contributed by atoms with Crippen molar-refractivity contribution in [1.29, 1.82) is 0 Å². The number of hydrogen-bond donors (Lipinski definition) is 2. The van der Waals surface area contributed by atoms with Crippen LogP contribution < -0.4 is 14.2 Å². The first-order valence-electron chi connectivity index (χ1n) is 7.81. The van der Waals surface area contributed by atoms with Crippen LogP contribution >= 0.6 is 0 Å². The minimum atomic E-state index is -3.97. The molecular weight excluding hydrogens is 358 g/mol. The predicted molar refractivity (Wildman–Crippen MR) is 97.8 cm³/mol. The van der Waals surface area contributed by atoms with Crippen molar-refractivity contribution in [2.24, 2.45) is 0 Å². The molecule has 8 heteroatoms. The van der Waals surface area contributed by atoms with Crippen molar-refractivity contribution in [3.05, 3.63) is 47.5 Å². The van der Waals surface area contributed by atoms with E-state index in [-0.39, 0.29) is 33.6 Å². The minimum absolute atomic E-state index is 0.0352. The molecule has 0 bridgehead atoms. The van der Waals surface area contributed by atoms with Crippen molar-refractivity contribution in [1.82, 2.24) is 0 Å². The molecule has 7 nitrogen and oxygen atoms in total. The maximum absolute atomic E-state index is 12.6. The third-order valence-electron chi connectivity index (χ3n) is 3.86. The molecule has 0 aliphatic heterocycles. The second-order valence-corrected chi connectivity index (χ2v) is 7.57. The summed E-state index contributed by atoms with van der Waals surface area (Å²) in [5.74, 6) is -0.623. The van der Waals surface area contributed by atoms with Crippen LogP contribution in [0.15, 0.2) is 41.3 Å². The van der Waals surface area contributed by atoms with Gasteiger partial charge in [-0.15, -0.1) is 0 Å². The van der Waals surface area contributed by atoms with E-state index in [1.807, 2.05) is 13.8 Å². The van der Waals surface area contributed by atoms with Crippen molar-refractivity contribution in [2.45, 2.75) is 24.7 Å². The molecule has 0 saturated carbocycles. The Morgan fingerprint density at radius 2 is 1.58 bits per heavy atom. The smallest absolute Gasteiger partial charge is 0.337 e. The summed E-state index contributed by atoms with van der Waals surface area (Å²) in [6.45, 7) is 4.01. The van der Waals surface area contributed by atoms with E-state index in [4.69, 9.17) is 9.47 Å². The second kappa shape index (κ2) is 7.65. The van der Waals surface area contributed by atoms with Crippen LogP contribution in [-0.4, -0.2) is 33.7 Å². The van der Waals surface area contributed by atoms with Gasteiger partial charge in [-0.2, -0.15) is 0 Å². The third kappa shape index (κ3) is 4.08. The van der Waals surface area contributed by atoms with Crippen molar-refractivity contribution in [3.8, 4) is 11.5 Å². The molecule has 0 aliphatic rings. The molecule has 0 aliphatic carbocycles. The van der Waals surface area contributed by atoms with Crippen molar-refractivity contribution >= 4 is 21.7 Å². The molecule has 0 atom stereocenters. The number of carboxylic acids is 1. The summed E-state index contributed by atoms with van der Waals surface area (Å²) in [6.07, 6.45) is 0. The highest BCUT2D eigenvalue weighted by atomic mass is 32.2. The van der Waals surface area contributed by atoms with E-state index >= 15 is 0 Å². The van der Waals surface area contributed by atoms with Crippen LogP contribution in [0.2, 0.25) is 0 Å². The number of methoxy groups -OCH3 is 2. The molecule has 0 spiro atoms. The van der Waals surface area contributed by atoms with Gasteiger partial charge in [0.05, 0.1) is 30.4 Å². The van der Waals surface area contributed by atoms with Gasteiger partial charge in [-0.05, 0) is 23.6 Å². The first-order chi connectivity index (χ1) is 12.2. The number of carboxylic acid groups (broad SMARTS) is 1. The average molecular weight is 379 g/mol. The summed E-state index contributed by atoms with van der Waals surface area (Å²) >= 11 is 0. The topological polar surface area (TPSA) is 102 Å². The summed E-state index contributed by atoms with van der Waals surface area (Å²) in [7, 11) is -1.23. The van der Waals surface area contributed by atoms with Crippen LogP contribution in [0.5, 0.6) is 11.5 Å². The fourth-order valence-corrected chi connectivity index (χ4v) is 3.45. The van der Waals surface area contributed by atoms with Gasteiger partial charge in [0, 0.05) is 12.1 Å². The van der Waals surface area contributed by atoms with Crippen LogP contribution in [0.25, 0.3) is 0 Å². The summed E-state index contributed by atoms with van der Waals surface area (Å²) in [6, 6.07) is 8.92. The number of rotatable bonds is 7. The number of sulfonamides is 1. The summed E-state index contributed by atoms with van der Waals surface area (Å²) < 4.78 is 37.8. The van der Waals surface area contributed by atoms with E-state index in [9.17, 15) is 18.3 Å². The van der Waals surface area contributed by atoms with Crippen LogP contribution in [0.1, 0.15) is 35.7 Å². The zero-order chi connectivity index (χ0) is 19.5. The number of hydrogen-bond acceptors (Lipinski definition) is 5. The highest BCUT2D eigenvalue weighted by Gasteiger charge is 2.21. The Balaban J connectivity index is 2.46. The number of aromatic carboxylic acids is 1. The van der Waals surface area contributed by atoms with E-state index in [2.05, 4.69) is 4.72 Å². The van der Waals surface area contributed by atoms with Crippen molar-refractivity contribution in [3.63, 3.8) is 0 Å². The monoisotopic (exact) mass is 379 g/mol. The van der Waals surface area contributed by atoms with Gasteiger partial charge in [-0.25, -0.2) is 13.2 Å². The quantitative estimate of drug-likeness (QED) is 0.765. The van der Waals surface area contributed by atoms with Crippen LogP contribution in [0, 0.1) is 0 Å². The van der Waals surface area contributed by atoms with Gasteiger partial charge in [0.15, 0.2) is 11.5 Å². The molecule has 2 rings (SSSR count). The molecule has 0 unspecified atom stereocenters. The number of anilines is 1. The van der Waals surface area contributed by atoms with E-state index in [0.717, 1.165) is 5.56 Å². The Morgan fingerprint density at radius 1 is 1.04 bits per heavy atom. The van der Waals surface area contributed by atoms with Crippen molar-refractivity contribution in [2.75, 3.05) is 18.9 Å². The molecule has 140 valence electrons. The number of nitrogens with one attached hydrogen (secondary N) is 1. The first kappa shape index (κ1) is 19.6. The van der Waals surface area contributed by atoms with Gasteiger partial charge in [0.1, 0.15) is 0 Å². The van der Waals surface area contributed by atoms with Gasteiger partial charge in [0.2, 0.25) is 0 Å². The van der Waals surface area contributed by atoms with E-state index < -0.39 is 16.0 Å². The Hall–Kier alpha value is -2.74. The standard InChI is InChI=1S/C18H21NO6S/c1-11(2)12-5-7-13(8-6-12)26(22,23)19-15-10-17(25-4)16(24-3)9-14(15)18(20)21/h5-11,19H,1-4H3,(H,20,21).